The first-order valence-corrected chi connectivity index (χ1v) is 8.09. The molecule has 3 rings (SSSR count). The summed E-state index contributed by atoms with van der Waals surface area (Å²) in [4.78, 5) is 0.977. The normalized spacial score (nSPS) is 13.9. The van der Waals surface area contributed by atoms with Gasteiger partial charge in [0, 0.05) is 30.4 Å². The molecule has 0 bridgehead atoms. The van der Waals surface area contributed by atoms with Crippen molar-refractivity contribution in [3.05, 3.63) is 70.7 Å². The Kier molecular flexibility index (Phi) is 4.38. The lowest BCUT2D eigenvalue weighted by molar-refractivity contribution is 0.0604. The monoisotopic (exact) mass is 313 g/mol. The topological polar surface area (TPSA) is 50.1 Å². The van der Waals surface area contributed by atoms with Gasteiger partial charge < -0.3 is 10.4 Å². The summed E-state index contributed by atoms with van der Waals surface area (Å²) in [5.41, 5.74) is 1.36. The van der Waals surface area contributed by atoms with Crippen molar-refractivity contribution in [1.82, 2.24) is 15.1 Å². The summed E-state index contributed by atoms with van der Waals surface area (Å²) < 4.78 is 1.84. The van der Waals surface area contributed by atoms with Gasteiger partial charge in [-0.05, 0) is 42.1 Å². The van der Waals surface area contributed by atoms with Crippen molar-refractivity contribution in [1.29, 1.82) is 0 Å². The number of nitrogens with zero attached hydrogens (tertiary/aromatic N) is 2. The molecule has 1 aromatic carbocycles. The van der Waals surface area contributed by atoms with Gasteiger partial charge in [0.2, 0.25) is 0 Å². The fourth-order valence-electron chi connectivity index (χ4n) is 2.35. The summed E-state index contributed by atoms with van der Waals surface area (Å²) in [7, 11) is 0. The van der Waals surface area contributed by atoms with E-state index in [-0.39, 0.29) is 0 Å². The first-order chi connectivity index (χ1) is 10.6. The van der Waals surface area contributed by atoms with Crippen molar-refractivity contribution in [2.45, 2.75) is 19.1 Å². The van der Waals surface area contributed by atoms with Gasteiger partial charge in [-0.1, -0.05) is 18.2 Å². The molecule has 114 valence electrons. The Bertz CT molecular complexity index is 705. The smallest absolute Gasteiger partial charge is 0.108 e. The van der Waals surface area contributed by atoms with Crippen molar-refractivity contribution in [3.63, 3.8) is 0 Å². The highest BCUT2D eigenvalue weighted by molar-refractivity contribution is 7.10. The summed E-state index contributed by atoms with van der Waals surface area (Å²) >= 11 is 1.58. The van der Waals surface area contributed by atoms with Crippen LogP contribution in [-0.4, -0.2) is 21.4 Å². The quantitative estimate of drug-likeness (QED) is 0.735. The van der Waals surface area contributed by atoms with Gasteiger partial charge in [0.05, 0.1) is 5.69 Å². The Morgan fingerprint density at radius 1 is 1.27 bits per heavy atom. The van der Waals surface area contributed by atoms with Crippen LogP contribution in [0, 0.1) is 0 Å². The Morgan fingerprint density at radius 3 is 2.91 bits per heavy atom. The maximum Gasteiger partial charge on any atom is 0.108 e. The fraction of sp³-hybridized carbons (Fsp3) is 0.235. The molecule has 0 saturated carbocycles. The van der Waals surface area contributed by atoms with Gasteiger partial charge in [-0.25, -0.2) is 4.68 Å². The molecule has 2 heterocycles. The van der Waals surface area contributed by atoms with Crippen LogP contribution in [-0.2, 0) is 12.1 Å². The molecule has 2 aromatic heterocycles. The van der Waals surface area contributed by atoms with E-state index in [0.29, 0.717) is 13.1 Å². The molecule has 0 spiro atoms. The molecule has 3 aromatic rings. The van der Waals surface area contributed by atoms with Crippen molar-refractivity contribution >= 4 is 11.3 Å². The van der Waals surface area contributed by atoms with Crippen LogP contribution in [0.1, 0.15) is 17.4 Å². The second-order valence-electron chi connectivity index (χ2n) is 5.48. The highest BCUT2D eigenvalue weighted by Crippen LogP contribution is 2.24. The van der Waals surface area contributed by atoms with Crippen LogP contribution in [0.5, 0.6) is 0 Å². The summed E-state index contributed by atoms with van der Waals surface area (Å²) in [6, 6.07) is 14.0. The van der Waals surface area contributed by atoms with Crippen LogP contribution in [0.15, 0.2) is 60.2 Å². The van der Waals surface area contributed by atoms with Crippen molar-refractivity contribution in [2.24, 2.45) is 0 Å². The third kappa shape index (κ3) is 3.44. The van der Waals surface area contributed by atoms with Crippen LogP contribution in [0.4, 0.5) is 0 Å². The molecular weight excluding hydrogens is 294 g/mol. The Balaban J connectivity index is 1.61. The van der Waals surface area contributed by atoms with Crippen molar-refractivity contribution < 1.29 is 5.11 Å². The minimum absolute atomic E-state index is 0.513. The Hall–Kier alpha value is -1.95. The predicted molar refractivity (Wildman–Crippen MR) is 89.2 cm³/mol. The van der Waals surface area contributed by atoms with Crippen LogP contribution < -0.4 is 5.32 Å². The molecule has 22 heavy (non-hydrogen) atoms. The number of hydrogen-bond acceptors (Lipinski definition) is 4. The number of rotatable bonds is 6. The third-order valence-electron chi connectivity index (χ3n) is 3.53. The molecule has 0 saturated heterocycles. The molecule has 0 aliphatic heterocycles. The fourth-order valence-corrected chi connectivity index (χ4v) is 3.14. The van der Waals surface area contributed by atoms with Gasteiger partial charge in [-0.15, -0.1) is 11.3 Å². The second-order valence-corrected chi connectivity index (χ2v) is 6.42. The van der Waals surface area contributed by atoms with E-state index in [4.69, 9.17) is 0 Å². The van der Waals surface area contributed by atoms with Crippen LogP contribution in [0.2, 0.25) is 0 Å². The maximum absolute atomic E-state index is 10.5. The van der Waals surface area contributed by atoms with Gasteiger partial charge in [0.25, 0.3) is 0 Å². The molecule has 2 N–H and O–H groups in total. The maximum atomic E-state index is 10.5. The van der Waals surface area contributed by atoms with Crippen LogP contribution in [0.3, 0.4) is 0 Å². The van der Waals surface area contributed by atoms with E-state index in [9.17, 15) is 5.11 Å². The Labute approximate surface area is 134 Å². The lowest BCUT2D eigenvalue weighted by Gasteiger charge is -2.22. The standard InChI is InChI=1S/C17H19N3OS/c1-17(21,16-7-3-10-22-16)13-18-12-14-5-2-6-15(11-14)20-9-4-8-19-20/h2-11,18,21H,12-13H2,1H3. The number of benzene rings is 1. The van der Waals surface area contributed by atoms with E-state index in [2.05, 4.69) is 22.5 Å². The van der Waals surface area contributed by atoms with Gasteiger partial charge >= 0.3 is 0 Å². The van der Waals surface area contributed by atoms with Gasteiger partial charge in [-0.3, -0.25) is 0 Å². The van der Waals surface area contributed by atoms with E-state index in [1.54, 1.807) is 17.5 Å². The lowest BCUT2D eigenvalue weighted by atomic mass is 10.1. The van der Waals surface area contributed by atoms with E-state index in [1.807, 2.05) is 53.5 Å². The van der Waals surface area contributed by atoms with E-state index < -0.39 is 5.60 Å². The molecule has 1 atom stereocenters. The Morgan fingerprint density at radius 2 is 2.18 bits per heavy atom. The average Bonchev–Trinajstić information content (AvgIpc) is 3.21. The molecule has 5 heteroatoms. The molecule has 4 nitrogen and oxygen atoms in total. The van der Waals surface area contributed by atoms with Gasteiger partial charge in [0.15, 0.2) is 0 Å². The van der Waals surface area contributed by atoms with Gasteiger partial charge in [-0.2, -0.15) is 5.10 Å². The first kappa shape index (κ1) is 15.0. The van der Waals surface area contributed by atoms with E-state index >= 15 is 0 Å². The number of aliphatic hydroxyl groups is 1. The number of hydrogen-bond donors (Lipinski definition) is 2. The highest BCUT2D eigenvalue weighted by atomic mass is 32.1. The number of aromatic nitrogens is 2. The average molecular weight is 313 g/mol. The highest BCUT2D eigenvalue weighted by Gasteiger charge is 2.23. The molecule has 1 unspecified atom stereocenters. The molecule has 0 fully saturated rings. The van der Waals surface area contributed by atoms with Crippen molar-refractivity contribution in [3.8, 4) is 5.69 Å². The second kappa shape index (κ2) is 6.44. The minimum atomic E-state index is -0.840. The zero-order valence-corrected chi connectivity index (χ0v) is 13.3. The summed E-state index contributed by atoms with van der Waals surface area (Å²) in [6.45, 7) is 3.06. The van der Waals surface area contributed by atoms with E-state index in [0.717, 1.165) is 16.1 Å². The molecule has 0 amide bonds. The summed E-state index contributed by atoms with van der Waals surface area (Å²) in [5.74, 6) is 0. The molecular formula is C17H19N3OS. The zero-order valence-electron chi connectivity index (χ0n) is 12.4. The van der Waals surface area contributed by atoms with Gasteiger partial charge in [0.1, 0.15) is 5.60 Å². The molecule has 0 aliphatic carbocycles. The van der Waals surface area contributed by atoms with Crippen LogP contribution in [0.25, 0.3) is 5.69 Å². The van der Waals surface area contributed by atoms with E-state index in [1.165, 1.54) is 0 Å². The minimum Gasteiger partial charge on any atom is -0.383 e. The van der Waals surface area contributed by atoms with Crippen LogP contribution >= 0.6 is 11.3 Å². The third-order valence-corrected chi connectivity index (χ3v) is 4.65. The largest absolute Gasteiger partial charge is 0.383 e. The van der Waals surface area contributed by atoms with Crippen molar-refractivity contribution in [2.75, 3.05) is 6.54 Å². The number of nitrogens with one attached hydrogen (secondary N) is 1. The summed E-state index contributed by atoms with van der Waals surface area (Å²) in [6.07, 6.45) is 3.69. The SMILES string of the molecule is CC(O)(CNCc1cccc(-n2cccn2)c1)c1cccs1. The zero-order chi connectivity index (χ0) is 15.4. The summed E-state index contributed by atoms with van der Waals surface area (Å²) in [5, 5.41) is 20.0. The first-order valence-electron chi connectivity index (χ1n) is 7.21. The number of thiophene rings is 1. The predicted octanol–water partition coefficient (Wildman–Crippen LogP) is 2.93. The molecule has 0 radical (unpaired) electrons. The lowest BCUT2D eigenvalue weighted by Crippen LogP contribution is -2.34. The molecule has 0 aliphatic rings.